The molecule has 1 unspecified atom stereocenters. The summed E-state index contributed by atoms with van der Waals surface area (Å²) in [6, 6.07) is 10.3. The van der Waals surface area contributed by atoms with Gasteiger partial charge in [-0.25, -0.2) is 13.6 Å². The third-order valence-electron chi connectivity index (χ3n) is 4.68. The molecule has 3 amide bonds. The molecule has 5 nitrogen and oxygen atoms in total. The summed E-state index contributed by atoms with van der Waals surface area (Å²) in [6.07, 6.45) is 4.78. The zero-order valence-corrected chi connectivity index (χ0v) is 14.8. The molecule has 0 saturated heterocycles. The molecule has 0 spiro atoms. The van der Waals surface area contributed by atoms with Gasteiger partial charge in [-0.05, 0) is 35.9 Å². The number of carbonyl (C=O) groups excluding carboxylic acids is 2. The van der Waals surface area contributed by atoms with Crippen molar-refractivity contribution < 1.29 is 22.9 Å². The van der Waals surface area contributed by atoms with Crippen molar-refractivity contribution >= 4 is 23.9 Å². The van der Waals surface area contributed by atoms with E-state index in [-0.39, 0.29) is 13.1 Å². The number of urea groups is 1. The Labute approximate surface area is 159 Å². The number of nitrogens with zero attached hydrogens (tertiary/aromatic N) is 3. The van der Waals surface area contributed by atoms with E-state index in [1.807, 2.05) is 0 Å². The summed E-state index contributed by atoms with van der Waals surface area (Å²) in [5, 5.41) is 0. The zero-order chi connectivity index (χ0) is 19.7. The number of amides is 3. The highest BCUT2D eigenvalue weighted by molar-refractivity contribution is 6.20. The molecule has 28 heavy (non-hydrogen) atoms. The summed E-state index contributed by atoms with van der Waals surface area (Å²) in [6.45, 7) is -0.0425. The van der Waals surface area contributed by atoms with Gasteiger partial charge in [-0.15, -0.1) is 0 Å². The van der Waals surface area contributed by atoms with E-state index in [0.717, 1.165) is 4.90 Å². The third-order valence-corrected chi connectivity index (χ3v) is 4.68. The molecule has 0 aliphatic carbocycles. The van der Waals surface area contributed by atoms with Crippen LogP contribution in [-0.2, 0) is 17.9 Å². The molecule has 1 atom stereocenters. The number of hydrogen-bond donors (Lipinski definition) is 0. The number of aliphatic imine (C=N–C) groups is 1. The van der Waals surface area contributed by atoms with E-state index in [4.69, 9.17) is 0 Å². The van der Waals surface area contributed by atoms with E-state index in [1.165, 1.54) is 41.1 Å². The maximum absolute atomic E-state index is 14.1. The van der Waals surface area contributed by atoms with E-state index in [2.05, 4.69) is 4.99 Å². The second-order valence-electron chi connectivity index (χ2n) is 6.50. The number of carbonyl (C=O) groups is 2. The predicted octanol–water partition coefficient (Wildman–Crippen LogP) is 3.09. The van der Waals surface area contributed by atoms with Crippen molar-refractivity contribution in [3.63, 3.8) is 0 Å². The summed E-state index contributed by atoms with van der Waals surface area (Å²) >= 11 is 0. The van der Waals surface area contributed by atoms with Crippen molar-refractivity contribution in [2.24, 2.45) is 4.99 Å². The minimum Gasteiger partial charge on any atom is -0.269 e. The minimum atomic E-state index is -0.866. The van der Waals surface area contributed by atoms with Crippen LogP contribution in [0.3, 0.4) is 0 Å². The average Bonchev–Trinajstić information content (AvgIpc) is 2.71. The number of dihydropyridines is 1. The Morgan fingerprint density at radius 2 is 1.79 bits per heavy atom. The predicted molar refractivity (Wildman–Crippen MR) is 99.1 cm³/mol. The molecule has 2 heterocycles. The first-order valence-electron chi connectivity index (χ1n) is 8.72. The smallest absolute Gasteiger partial charge is 0.269 e. The molecule has 0 N–H and O–H groups in total. The van der Waals surface area contributed by atoms with Crippen molar-refractivity contribution in [1.82, 2.24) is 4.90 Å². The van der Waals surface area contributed by atoms with E-state index < -0.39 is 29.6 Å². The van der Waals surface area contributed by atoms with Crippen LogP contribution >= 0.6 is 0 Å². The molecule has 2 aliphatic rings. The molecule has 140 valence electrons. The van der Waals surface area contributed by atoms with Crippen LogP contribution in [-0.4, -0.2) is 39.4 Å². The van der Waals surface area contributed by atoms with Crippen LogP contribution < -0.4 is 0 Å². The molecule has 0 radical (unpaired) electrons. The van der Waals surface area contributed by atoms with E-state index in [9.17, 15) is 18.4 Å². The molecule has 0 bridgehead atoms. The lowest BCUT2D eigenvalue weighted by atomic mass is 10.0. The fourth-order valence-electron chi connectivity index (χ4n) is 3.24. The summed E-state index contributed by atoms with van der Waals surface area (Å²) in [5.41, 5.74) is 1.35. The minimum absolute atomic E-state index is 0.0191. The number of fused-ring (bicyclic) bond motifs is 1. The Balaban J connectivity index is 1.72. The molecule has 0 fully saturated rings. The van der Waals surface area contributed by atoms with Gasteiger partial charge in [0.15, 0.2) is 0 Å². The zero-order valence-electron chi connectivity index (χ0n) is 14.8. The summed E-state index contributed by atoms with van der Waals surface area (Å²) in [7, 11) is 0. The monoisotopic (exact) mass is 380 g/mol. The van der Waals surface area contributed by atoms with Gasteiger partial charge in [0.1, 0.15) is 30.4 Å². The van der Waals surface area contributed by atoms with Crippen molar-refractivity contribution in [2.45, 2.75) is 19.1 Å². The van der Waals surface area contributed by atoms with Crippen LogP contribution in [0.4, 0.5) is 13.6 Å². The largest absolute Gasteiger partial charge is 0.501 e. The summed E-state index contributed by atoms with van der Waals surface area (Å²) < 4.78 is 28.7. The van der Waals surface area contributed by atoms with Crippen LogP contribution in [0.25, 0.3) is 0 Å². The van der Waals surface area contributed by atoms with Gasteiger partial charge in [0.2, 0.25) is 6.04 Å². The molecular weight excluding hydrogens is 364 g/mol. The van der Waals surface area contributed by atoms with Crippen LogP contribution in [0.2, 0.25) is 0 Å². The van der Waals surface area contributed by atoms with Gasteiger partial charge in [-0.1, -0.05) is 30.3 Å². The quantitative estimate of drug-likeness (QED) is 0.766. The third kappa shape index (κ3) is 3.26. The Morgan fingerprint density at radius 1 is 1.04 bits per heavy atom. The number of hydrogen-bond acceptors (Lipinski definition) is 3. The lowest BCUT2D eigenvalue weighted by molar-refractivity contribution is -0.456. The van der Waals surface area contributed by atoms with Gasteiger partial charge in [0, 0.05) is 11.8 Å². The average molecular weight is 380 g/mol. The topological polar surface area (TPSA) is 52.8 Å². The summed E-state index contributed by atoms with van der Waals surface area (Å²) in [5.74, 6) is -1.30. The first-order chi connectivity index (χ1) is 13.5. The molecule has 2 aromatic carbocycles. The Hall–Kier alpha value is -3.48. The fourth-order valence-corrected chi connectivity index (χ4v) is 3.24. The van der Waals surface area contributed by atoms with Crippen molar-refractivity contribution in [3.05, 3.63) is 83.4 Å². The molecule has 0 aromatic heterocycles. The van der Waals surface area contributed by atoms with Crippen LogP contribution in [0, 0.1) is 11.6 Å². The summed E-state index contributed by atoms with van der Waals surface area (Å²) in [4.78, 5) is 31.2. The fraction of sp³-hybridized carbons (Fsp3) is 0.143. The highest BCUT2D eigenvalue weighted by atomic mass is 19.1. The van der Waals surface area contributed by atoms with Crippen LogP contribution in [0.1, 0.15) is 11.1 Å². The maximum atomic E-state index is 14.1. The van der Waals surface area contributed by atoms with Gasteiger partial charge < -0.3 is 0 Å². The van der Waals surface area contributed by atoms with Crippen LogP contribution in [0.5, 0.6) is 0 Å². The van der Waals surface area contributed by atoms with Gasteiger partial charge in [0.25, 0.3) is 0 Å². The molecule has 2 aliphatic heterocycles. The molecule has 2 aromatic rings. The SMILES string of the molecule is O=C1C2N=CC=CC2=[N+](Cc2ccccc2F)C(=O)N1Cc1ccc(F)cc1. The second-order valence-corrected chi connectivity index (χ2v) is 6.50. The first kappa shape index (κ1) is 17.9. The van der Waals surface area contributed by atoms with Crippen LogP contribution in [0.15, 0.2) is 65.7 Å². The van der Waals surface area contributed by atoms with Gasteiger partial charge in [-0.2, -0.15) is 14.3 Å². The van der Waals surface area contributed by atoms with Crippen molar-refractivity contribution in [3.8, 4) is 0 Å². The van der Waals surface area contributed by atoms with Crippen molar-refractivity contribution in [1.29, 1.82) is 0 Å². The first-order valence-corrected chi connectivity index (χ1v) is 8.72. The van der Waals surface area contributed by atoms with Gasteiger partial charge >= 0.3 is 11.9 Å². The number of rotatable bonds is 4. The lowest BCUT2D eigenvalue weighted by Gasteiger charge is -2.26. The Bertz CT molecular complexity index is 1040. The van der Waals surface area contributed by atoms with Crippen molar-refractivity contribution in [2.75, 3.05) is 0 Å². The Kier molecular flexibility index (Phi) is 4.65. The van der Waals surface area contributed by atoms with Gasteiger partial charge in [-0.3, -0.25) is 4.99 Å². The standard InChI is InChI=1S/C21H16F2N3O2/c22-16-9-7-14(8-10-16)12-26-20(27)19-18(6-3-11-24-19)25(21(26)28)13-15-4-1-2-5-17(15)23/h1-11,19H,12-13H2/q+1. The highest BCUT2D eigenvalue weighted by Crippen LogP contribution is 2.20. The second kappa shape index (κ2) is 7.26. The van der Waals surface area contributed by atoms with Gasteiger partial charge in [0.05, 0.1) is 0 Å². The van der Waals surface area contributed by atoms with E-state index >= 15 is 0 Å². The van der Waals surface area contributed by atoms with E-state index in [0.29, 0.717) is 16.8 Å². The number of imide groups is 1. The van der Waals surface area contributed by atoms with E-state index in [1.54, 1.807) is 30.4 Å². The maximum Gasteiger partial charge on any atom is 0.501 e. The normalized spacial score (nSPS) is 18.6. The number of halogens is 2. The number of allylic oxidation sites excluding steroid dienone is 1. The lowest BCUT2D eigenvalue weighted by Crippen LogP contribution is -2.56. The highest BCUT2D eigenvalue weighted by Gasteiger charge is 2.47. The molecule has 7 heteroatoms. The molecule has 4 rings (SSSR count). The Morgan fingerprint density at radius 3 is 2.54 bits per heavy atom. The number of benzene rings is 2. The molecular formula is C21H16F2N3O2+. The molecule has 0 saturated carbocycles.